The van der Waals surface area contributed by atoms with Gasteiger partial charge in [-0.25, -0.2) is 0 Å². The van der Waals surface area contributed by atoms with Gasteiger partial charge in [0.15, 0.2) is 0 Å². The van der Waals surface area contributed by atoms with Gasteiger partial charge in [0.25, 0.3) is 0 Å². The van der Waals surface area contributed by atoms with Gasteiger partial charge in [0, 0.05) is 19.6 Å². The Hall–Kier alpha value is -0.570. The van der Waals surface area contributed by atoms with Crippen molar-refractivity contribution < 1.29 is 9.90 Å². The summed E-state index contributed by atoms with van der Waals surface area (Å²) in [5.74, 6) is 0.532. The number of unbranched alkanes of at least 4 members (excludes halogenated alkanes) is 8. The summed E-state index contributed by atoms with van der Waals surface area (Å²) in [7, 11) is 0. The van der Waals surface area contributed by atoms with Crippen LogP contribution in [0.4, 0.5) is 0 Å². The zero-order valence-electron chi connectivity index (χ0n) is 13.6. The van der Waals surface area contributed by atoms with Crippen LogP contribution in [-0.2, 0) is 4.79 Å². The minimum Gasteiger partial charge on any atom is -0.396 e. The number of aliphatic hydroxyl groups is 1. The van der Waals surface area contributed by atoms with Crippen molar-refractivity contribution in [2.45, 2.75) is 84.5 Å². The molecular formula is C17H35NO2. The molecule has 20 heavy (non-hydrogen) atoms. The van der Waals surface area contributed by atoms with Crippen molar-refractivity contribution >= 4 is 5.91 Å². The Labute approximate surface area is 125 Å². The van der Waals surface area contributed by atoms with E-state index in [9.17, 15) is 4.79 Å². The van der Waals surface area contributed by atoms with Crippen molar-refractivity contribution in [2.75, 3.05) is 13.2 Å². The van der Waals surface area contributed by atoms with Crippen LogP contribution in [0.2, 0.25) is 0 Å². The van der Waals surface area contributed by atoms with Crippen molar-refractivity contribution in [3.63, 3.8) is 0 Å². The van der Waals surface area contributed by atoms with E-state index in [1.807, 2.05) is 0 Å². The lowest BCUT2D eigenvalue weighted by Gasteiger charge is -2.11. The van der Waals surface area contributed by atoms with Crippen molar-refractivity contribution in [1.29, 1.82) is 0 Å². The Morgan fingerprint density at radius 2 is 1.55 bits per heavy atom. The second-order valence-electron chi connectivity index (χ2n) is 6.00. The molecule has 0 aromatic carbocycles. The zero-order valence-corrected chi connectivity index (χ0v) is 13.6. The maximum atomic E-state index is 11.6. The topological polar surface area (TPSA) is 49.3 Å². The molecular weight excluding hydrogens is 250 g/mol. The van der Waals surface area contributed by atoms with Crippen LogP contribution in [0, 0.1) is 5.92 Å². The van der Waals surface area contributed by atoms with E-state index in [0.29, 0.717) is 18.9 Å². The molecule has 3 heteroatoms. The largest absolute Gasteiger partial charge is 0.396 e. The van der Waals surface area contributed by atoms with Crippen molar-refractivity contribution in [1.82, 2.24) is 5.32 Å². The Balaban J connectivity index is 3.23. The lowest BCUT2D eigenvalue weighted by molar-refractivity contribution is -0.121. The summed E-state index contributed by atoms with van der Waals surface area (Å²) < 4.78 is 0. The molecule has 0 rings (SSSR count). The second kappa shape index (κ2) is 14.8. The normalized spacial score (nSPS) is 12.3. The van der Waals surface area contributed by atoms with E-state index in [1.165, 1.54) is 51.4 Å². The molecule has 1 unspecified atom stereocenters. The average Bonchev–Trinajstić information content (AvgIpc) is 2.43. The molecule has 0 aliphatic carbocycles. The highest BCUT2D eigenvalue weighted by atomic mass is 16.3. The Morgan fingerprint density at radius 3 is 2.10 bits per heavy atom. The molecule has 0 bridgehead atoms. The third-order valence-corrected chi connectivity index (χ3v) is 3.78. The molecule has 3 nitrogen and oxygen atoms in total. The van der Waals surface area contributed by atoms with Crippen LogP contribution in [-0.4, -0.2) is 24.2 Å². The fourth-order valence-corrected chi connectivity index (χ4v) is 2.30. The molecule has 0 aliphatic rings. The fraction of sp³-hybridized carbons (Fsp3) is 0.941. The van der Waals surface area contributed by atoms with E-state index in [4.69, 9.17) is 5.11 Å². The number of nitrogens with one attached hydrogen (secondary N) is 1. The minimum atomic E-state index is 0.165. The van der Waals surface area contributed by atoms with Crippen LogP contribution in [0.3, 0.4) is 0 Å². The highest BCUT2D eigenvalue weighted by molar-refractivity contribution is 5.75. The van der Waals surface area contributed by atoms with Crippen LogP contribution in [0.15, 0.2) is 0 Å². The van der Waals surface area contributed by atoms with Gasteiger partial charge in [0.1, 0.15) is 0 Å². The molecule has 0 aromatic heterocycles. The zero-order chi connectivity index (χ0) is 15.1. The molecule has 0 saturated carbocycles. The predicted molar refractivity (Wildman–Crippen MR) is 85.7 cm³/mol. The Morgan fingerprint density at radius 1 is 1.00 bits per heavy atom. The summed E-state index contributed by atoms with van der Waals surface area (Å²) in [5.41, 5.74) is 0. The first-order chi connectivity index (χ1) is 9.70. The molecule has 0 radical (unpaired) electrons. The number of rotatable bonds is 14. The number of amides is 1. The second-order valence-corrected chi connectivity index (χ2v) is 6.00. The monoisotopic (exact) mass is 285 g/mol. The van der Waals surface area contributed by atoms with E-state index in [2.05, 4.69) is 19.2 Å². The SMILES string of the molecule is CCCCCCCCCCCC(=O)NCC(C)CCO. The van der Waals surface area contributed by atoms with Gasteiger partial charge >= 0.3 is 0 Å². The van der Waals surface area contributed by atoms with Gasteiger partial charge in [-0.1, -0.05) is 65.2 Å². The highest BCUT2D eigenvalue weighted by Crippen LogP contribution is 2.10. The average molecular weight is 285 g/mol. The third-order valence-electron chi connectivity index (χ3n) is 3.78. The smallest absolute Gasteiger partial charge is 0.220 e. The molecule has 120 valence electrons. The van der Waals surface area contributed by atoms with Gasteiger partial charge in [-0.2, -0.15) is 0 Å². The van der Waals surface area contributed by atoms with E-state index < -0.39 is 0 Å². The lowest BCUT2D eigenvalue weighted by Crippen LogP contribution is -2.28. The lowest BCUT2D eigenvalue weighted by atomic mass is 10.1. The molecule has 0 saturated heterocycles. The summed E-state index contributed by atoms with van der Waals surface area (Å²) in [4.78, 5) is 11.6. The minimum absolute atomic E-state index is 0.165. The highest BCUT2D eigenvalue weighted by Gasteiger charge is 2.04. The van der Waals surface area contributed by atoms with Crippen molar-refractivity contribution in [3.05, 3.63) is 0 Å². The Bertz CT molecular complexity index is 219. The van der Waals surface area contributed by atoms with Gasteiger partial charge in [0.2, 0.25) is 5.91 Å². The van der Waals surface area contributed by atoms with Crippen molar-refractivity contribution in [2.24, 2.45) is 5.92 Å². The Kier molecular flexibility index (Phi) is 14.4. The summed E-state index contributed by atoms with van der Waals surface area (Å²) >= 11 is 0. The van der Waals surface area contributed by atoms with E-state index in [-0.39, 0.29) is 12.5 Å². The molecule has 2 N–H and O–H groups in total. The quantitative estimate of drug-likeness (QED) is 0.473. The standard InChI is InChI=1S/C17H35NO2/c1-3-4-5-6-7-8-9-10-11-12-17(20)18-15-16(2)13-14-19/h16,19H,3-15H2,1-2H3,(H,18,20). The summed E-state index contributed by atoms with van der Waals surface area (Å²) in [5, 5.41) is 11.7. The van der Waals surface area contributed by atoms with E-state index in [1.54, 1.807) is 0 Å². The first kappa shape index (κ1) is 19.4. The van der Waals surface area contributed by atoms with Crippen LogP contribution in [0.5, 0.6) is 0 Å². The number of hydrogen-bond donors (Lipinski definition) is 2. The number of aliphatic hydroxyl groups excluding tert-OH is 1. The van der Waals surface area contributed by atoms with Gasteiger partial charge in [-0.3, -0.25) is 4.79 Å². The van der Waals surface area contributed by atoms with Crippen LogP contribution < -0.4 is 5.32 Å². The van der Waals surface area contributed by atoms with E-state index in [0.717, 1.165) is 12.8 Å². The maximum Gasteiger partial charge on any atom is 0.220 e. The molecule has 0 spiro atoms. The molecule has 0 aliphatic heterocycles. The predicted octanol–water partition coefficient (Wildman–Crippen LogP) is 4.04. The third kappa shape index (κ3) is 13.9. The number of carbonyl (C=O) groups is 1. The molecule has 0 fully saturated rings. The van der Waals surface area contributed by atoms with Crippen LogP contribution >= 0.6 is 0 Å². The van der Waals surface area contributed by atoms with Crippen molar-refractivity contribution in [3.8, 4) is 0 Å². The molecule has 1 atom stereocenters. The van der Waals surface area contributed by atoms with Crippen LogP contribution in [0.1, 0.15) is 84.5 Å². The van der Waals surface area contributed by atoms with Gasteiger partial charge in [-0.15, -0.1) is 0 Å². The molecule has 1 amide bonds. The maximum absolute atomic E-state index is 11.6. The fourth-order valence-electron chi connectivity index (χ4n) is 2.30. The van der Waals surface area contributed by atoms with Gasteiger partial charge < -0.3 is 10.4 Å². The number of carbonyl (C=O) groups excluding carboxylic acids is 1. The first-order valence-corrected chi connectivity index (χ1v) is 8.58. The van der Waals surface area contributed by atoms with Crippen LogP contribution in [0.25, 0.3) is 0 Å². The van der Waals surface area contributed by atoms with Gasteiger partial charge in [0.05, 0.1) is 0 Å². The summed E-state index contributed by atoms with van der Waals surface area (Å²) in [6.07, 6.45) is 13.0. The summed E-state index contributed by atoms with van der Waals surface area (Å²) in [6.45, 7) is 5.19. The molecule has 0 aromatic rings. The number of hydrogen-bond acceptors (Lipinski definition) is 2. The summed E-state index contributed by atoms with van der Waals surface area (Å²) in [6, 6.07) is 0. The molecule has 0 heterocycles. The van der Waals surface area contributed by atoms with E-state index >= 15 is 0 Å². The first-order valence-electron chi connectivity index (χ1n) is 8.58. The van der Waals surface area contributed by atoms with Gasteiger partial charge in [-0.05, 0) is 18.8 Å².